The zero-order valence-corrected chi connectivity index (χ0v) is 20.3. The van der Waals surface area contributed by atoms with Crippen molar-refractivity contribution in [2.24, 2.45) is 0 Å². The third-order valence-electron chi connectivity index (χ3n) is 6.22. The first-order valence-electron chi connectivity index (χ1n) is 11.7. The molecule has 1 aromatic carbocycles. The predicted octanol–water partition coefficient (Wildman–Crippen LogP) is 4.41. The van der Waals surface area contributed by atoms with Gasteiger partial charge in [0.25, 0.3) is 5.91 Å². The fraction of sp³-hybridized carbons (Fsp3) is 0.480. The maximum Gasteiger partial charge on any atom is 0.261 e. The van der Waals surface area contributed by atoms with E-state index >= 15 is 0 Å². The zero-order chi connectivity index (χ0) is 23.0. The molecule has 7 nitrogen and oxygen atoms in total. The van der Waals surface area contributed by atoms with Crippen molar-refractivity contribution in [2.75, 3.05) is 45.2 Å². The van der Waals surface area contributed by atoms with Gasteiger partial charge in [0.15, 0.2) is 0 Å². The number of aromatic nitrogens is 2. The van der Waals surface area contributed by atoms with E-state index in [0.29, 0.717) is 18.0 Å². The van der Waals surface area contributed by atoms with Crippen LogP contribution in [-0.2, 0) is 4.74 Å². The third-order valence-corrected chi connectivity index (χ3v) is 7.42. The molecular weight excluding hydrogens is 434 g/mol. The predicted molar refractivity (Wildman–Crippen MR) is 134 cm³/mol. The van der Waals surface area contributed by atoms with Crippen LogP contribution in [0, 0.1) is 6.92 Å². The second-order valence-electron chi connectivity index (χ2n) is 8.46. The number of amides is 1. The van der Waals surface area contributed by atoms with Crippen LogP contribution in [0.1, 0.15) is 52.5 Å². The number of piperidine rings is 1. The number of aryl methyl sites for hydroxylation is 1. The van der Waals surface area contributed by atoms with E-state index in [-0.39, 0.29) is 11.9 Å². The number of carbonyl (C=O) groups is 1. The summed E-state index contributed by atoms with van der Waals surface area (Å²) in [6.07, 6.45) is 6.15. The van der Waals surface area contributed by atoms with Crippen molar-refractivity contribution >= 4 is 33.3 Å². The van der Waals surface area contributed by atoms with Gasteiger partial charge in [-0.15, -0.1) is 11.3 Å². The SMILES string of the molecule is COCCCNc1ncnc2sc(C(=O)NCC(c3ccccc3)N3CCCCC3)c(C)c12. The van der Waals surface area contributed by atoms with E-state index in [1.807, 2.05) is 13.0 Å². The molecule has 1 saturated heterocycles. The highest BCUT2D eigenvalue weighted by molar-refractivity contribution is 7.20. The molecule has 3 heterocycles. The number of carbonyl (C=O) groups excluding carboxylic acids is 1. The van der Waals surface area contributed by atoms with Gasteiger partial charge >= 0.3 is 0 Å². The highest BCUT2D eigenvalue weighted by Gasteiger charge is 2.24. The molecule has 8 heteroatoms. The largest absolute Gasteiger partial charge is 0.385 e. The van der Waals surface area contributed by atoms with E-state index in [4.69, 9.17) is 4.74 Å². The van der Waals surface area contributed by atoms with Crippen molar-refractivity contribution in [1.82, 2.24) is 20.2 Å². The lowest BCUT2D eigenvalue weighted by Crippen LogP contribution is -2.40. The molecule has 0 spiro atoms. The van der Waals surface area contributed by atoms with E-state index < -0.39 is 0 Å². The van der Waals surface area contributed by atoms with Gasteiger partial charge in [-0.25, -0.2) is 9.97 Å². The van der Waals surface area contributed by atoms with Crippen molar-refractivity contribution in [2.45, 2.75) is 38.6 Å². The van der Waals surface area contributed by atoms with Crippen molar-refractivity contribution < 1.29 is 9.53 Å². The summed E-state index contributed by atoms with van der Waals surface area (Å²) in [6, 6.07) is 10.7. The summed E-state index contributed by atoms with van der Waals surface area (Å²) in [5.74, 6) is 0.734. The summed E-state index contributed by atoms with van der Waals surface area (Å²) in [7, 11) is 1.70. The number of ether oxygens (including phenoxy) is 1. The summed E-state index contributed by atoms with van der Waals surface area (Å²) in [6.45, 7) is 6.17. The number of thiophene rings is 1. The van der Waals surface area contributed by atoms with Crippen LogP contribution in [0.5, 0.6) is 0 Å². The number of nitrogens with one attached hydrogen (secondary N) is 2. The van der Waals surface area contributed by atoms with Gasteiger partial charge in [-0.05, 0) is 50.4 Å². The van der Waals surface area contributed by atoms with Gasteiger partial charge in [-0.1, -0.05) is 36.8 Å². The second-order valence-corrected chi connectivity index (χ2v) is 9.46. The summed E-state index contributed by atoms with van der Waals surface area (Å²) < 4.78 is 5.12. The van der Waals surface area contributed by atoms with Crippen LogP contribution in [0.15, 0.2) is 36.7 Å². The van der Waals surface area contributed by atoms with Crippen LogP contribution in [0.4, 0.5) is 5.82 Å². The fourth-order valence-electron chi connectivity index (χ4n) is 4.48. The molecule has 33 heavy (non-hydrogen) atoms. The Balaban J connectivity index is 1.50. The summed E-state index contributed by atoms with van der Waals surface area (Å²) in [5.41, 5.74) is 2.18. The Labute approximate surface area is 199 Å². The number of rotatable bonds is 10. The molecule has 1 atom stereocenters. The topological polar surface area (TPSA) is 79.4 Å². The van der Waals surface area contributed by atoms with E-state index in [0.717, 1.165) is 47.7 Å². The molecule has 0 saturated carbocycles. The number of hydrogen-bond donors (Lipinski definition) is 2. The Kier molecular flexibility index (Phi) is 8.25. The van der Waals surface area contributed by atoms with Crippen LogP contribution in [0.2, 0.25) is 0 Å². The molecule has 2 N–H and O–H groups in total. The summed E-state index contributed by atoms with van der Waals surface area (Å²) in [5, 5.41) is 7.52. The maximum absolute atomic E-state index is 13.3. The molecule has 2 aromatic heterocycles. The number of likely N-dealkylation sites (tertiary alicyclic amines) is 1. The first kappa shape index (κ1) is 23.6. The van der Waals surface area contributed by atoms with Crippen LogP contribution >= 0.6 is 11.3 Å². The smallest absolute Gasteiger partial charge is 0.261 e. The molecule has 176 valence electrons. The Morgan fingerprint density at radius 1 is 1.18 bits per heavy atom. The van der Waals surface area contributed by atoms with Crippen molar-refractivity contribution in [1.29, 1.82) is 0 Å². The summed E-state index contributed by atoms with van der Waals surface area (Å²) in [4.78, 5) is 26.1. The lowest BCUT2D eigenvalue weighted by Gasteiger charge is -2.35. The van der Waals surface area contributed by atoms with Crippen molar-refractivity contribution in [3.05, 3.63) is 52.7 Å². The molecule has 4 rings (SSSR count). The van der Waals surface area contributed by atoms with Gasteiger partial charge < -0.3 is 15.4 Å². The summed E-state index contributed by atoms with van der Waals surface area (Å²) >= 11 is 1.43. The van der Waals surface area contributed by atoms with Gasteiger partial charge in [-0.2, -0.15) is 0 Å². The van der Waals surface area contributed by atoms with Gasteiger partial charge in [0.2, 0.25) is 0 Å². The fourth-order valence-corrected chi connectivity index (χ4v) is 5.54. The lowest BCUT2D eigenvalue weighted by molar-refractivity contribution is 0.0928. The number of anilines is 1. The van der Waals surface area contributed by atoms with Gasteiger partial charge in [-0.3, -0.25) is 9.69 Å². The average molecular weight is 468 g/mol. The number of hydrogen-bond acceptors (Lipinski definition) is 7. The Morgan fingerprint density at radius 2 is 1.97 bits per heavy atom. The van der Waals surface area contributed by atoms with E-state index in [1.165, 1.54) is 36.2 Å². The van der Waals surface area contributed by atoms with Gasteiger partial charge in [0.1, 0.15) is 17.0 Å². The lowest BCUT2D eigenvalue weighted by atomic mass is 10.0. The van der Waals surface area contributed by atoms with Crippen LogP contribution in [0.3, 0.4) is 0 Å². The Morgan fingerprint density at radius 3 is 2.73 bits per heavy atom. The first-order valence-corrected chi connectivity index (χ1v) is 12.5. The van der Waals surface area contributed by atoms with Crippen molar-refractivity contribution in [3.8, 4) is 0 Å². The molecule has 1 amide bonds. The molecule has 1 aliphatic heterocycles. The number of benzene rings is 1. The molecule has 1 unspecified atom stereocenters. The highest BCUT2D eigenvalue weighted by Crippen LogP contribution is 2.33. The minimum atomic E-state index is -0.0428. The standard InChI is InChI=1S/C25H33N5O2S/c1-18-21-23(26-12-9-15-32-2)28-17-29-25(21)33-22(18)24(31)27-16-20(19-10-5-3-6-11-19)30-13-7-4-8-14-30/h3,5-6,10-11,17,20H,4,7-9,12-16H2,1-2H3,(H,27,31)(H,26,28,29). The molecule has 0 bridgehead atoms. The van der Waals surface area contributed by atoms with Crippen LogP contribution < -0.4 is 10.6 Å². The first-order chi connectivity index (χ1) is 16.2. The Hall–Kier alpha value is -2.55. The molecule has 0 radical (unpaired) electrons. The minimum Gasteiger partial charge on any atom is -0.385 e. The third kappa shape index (κ3) is 5.69. The van der Waals surface area contributed by atoms with Gasteiger partial charge in [0.05, 0.1) is 16.3 Å². The minimum absolute atomic E-state index is 0.0428. The van der Waals surface area contributed by atoms with E-state index in [1.54, 1.807) is 13.4 Å². The average Bonchev–Trinajstić information content (AvgIpc) is 3.20. The van der Waals surface area contributed by atoms with Crippen LogP contribution in [-0.4, -0.2) is 60.7 Å². The monoisotopic (exact) mass is 467 g/mol. The van der Waals surface area contributed by atoms with Crippen molar-refractivity contribution in [3.63, 3.8) is 0 Å². The second kappa shape index (κ2) is 11.5. The molecule has 1 fully saturated rings. The zero-order valence-electron chi connectivity index (χ0n) is 19.5. The van der Waals surface area contributed by atoms with E-state index in [9.17, 15) is 4.79 Å². The molecule has 3 aromatic rings. The van der Waals surface area contributed by atoms with E-state index in [2.05, 4.69) is 49.8 Å². The number of nitrogens with zero attached hydrogens (tertiary/aromatic N) is 3. The maximum atomic E-state index is 13.3. The number of methoxy groups -OCH3 is 1. The van der Waals surface area contributed by atoms with Gasteiger partial charge in [0, 0.05) is 26.8 Å². The molecule has 1 aliphatic rings. The molecular formula is C25H33N5O2S. The quantitative estimate of drug-likeness (QED) is 0.430. The highest BCUT2D eigenvalue weighted by atomic mass is 32.1. The Bertz CT molecular complexity index is 1050. The normalized spacial score (nSPS) is 15.5. The molecule has 0 aliphatic carbocycles. The number of fused-ring (bicyclic) bond motifs is 1. The van der Waals surface area contributed by atoms with Crippen LogP contribution in [0.25, 0.3) is 10.2 Å².